The number of para-hydroxylation sites is 2. The van der Waals surface area contributed by atoms with Crippen molar-refractivity contribution in [2.24, 2.45) is 4.99 Å². The highest BCUT2D eigenvalue weighted by Crippen LogP contribution is 2.28. The fraction of sp³-hybridized carbons (Fsp3) is 0.409. The van der Waals surface area contributed by atoms with Crippen LogP contribution in [0.1, 0.15) is 18.6 Å². The number of ether oxygens (including phenoxy) is 1. The zero-order valence-corrected chi connectivity index (χ0v) is 17.0. The lowest BCUT2D eigenvalue weighted by Gasteiger charge is -2.38. The molecule has 1 atom stereocenters. The van der Waals surface area contributed by atoms with E-state index < -0.39 is 6.10 Å². The molecule has 1 aliphatic rings. The third-order valence-electron chi connectivity index (χ3n) is 5.01. The summed E-state index contributed by atoms with van der Waals surface area (Å²) < 4.78 is 18.6. The average Bonchev–Trinajstić information content (AvgIpc) is 2.77. The first-order chi connectivity index (χ1) is 14.1. The SMILES string of the molecule is CCNC(=NCC(O)c1ccc(F)cc1)N1CCN(c2ccccc2OC)CC1. The average molecular weight is 400 g/mol. The number of methoxy groups -OCH3 is 1. The predicted molar refractivity (Wildman–Crippen MR) is 114 cm³/mol. The minimum Gasteiger partial charge on any atom is -0.495 e. The van der Waals surface area contributed by atoms with Gasteiger partial charge >= 0.3 is 0 Å². The van der Waals surface area contributed by atoms with Crippen LogP contribution < -0.4 is 15.0 Å². The van der Waals surface area contributed by atoms with Gasteiger partial charge in [0.05, 0.1) is 25.4 Å². The van der Waals surface area contributed by atoms with Crippen LogP contribution in [0.25, 0.3) is 0 Å². The minimum atomic E-state index is -0.765. The highest BCUT2D eigenvalue weighted by Gasteiger charge is 2.22. The lowest BCUT2D eigenvalue weighted by Crippen LogP contribution is -2.52. The van der Waals surface area contributed by atoms with Gasteiger partial charge in [-0.25, -0.2) is 4.39 Å². The van der Waals surface area contributed by atoms with Gasteiger partial charge in [-0.05, 0) is 36.8 Å². The molecule has 2 N–H and O–H groups in total. The molecule has 0 amide bonds. The second-order valence-electron chi connectivity index (χ2n) is 6.91. The van der Waals surface area contributed by atoms with E-state index in [0.717, 1.165) is 50.1 Å². The minimum absolute atomic E-state index is 0.223. The molecule has 1 fully saturated rings. The number of aliphatic hydroxyl groups is 1. The number of benzene rings is 2. The Morgan fingerprint density at radius 2 is 1.83 bits per heavy atom. The first-order valence-corrected chi connectivity index (χ1v) is 9.97. The van der Waals surface area contributed by atoms with Gasteiger partial charge in [-0.3, -0.25) is 4.99 Å². The number of piperazine rings is 1. The molecule has 0 aliphatic carbocycles. The maximum absolute atomic E-state index is 13.1. The van der Waals surface area contributed by atoms with Crippen LogP contribution >= 0.6 is 0 Å². The molecular formula is C22H29FN4O2. The highest BCUT2D eigenvalue weighted by atomic mass is 19.1. The number of guanidine groups is 1. The molecule has 1 heterocycles. The van der Waals surface area contributed by atoms with E-state index in [1.807, 2.05) is 25.1 Å². The van der Waals surface area contributed by atoms with Crippen molar-refractivity contribution in [2.45, 2.75) is 13.0 Å². The number of halogens is 1. The molecule has 29 heavy (non-hydrogen) atoms. The fourth-order valence-electron chi connectivity index (χ4n) is 3.44. The van der Waals surface area contributed by atoms with E-state index in [2.05, 4.69) is 26.2 Å². The Morgan fingerprint density at radius 3 is 2.48 bits per heavy atom. The number of nitrogens with zero attached hydrogens (tertiary/aromatic N) is 3. The first kappa shape index (κ1) is 20.9. The Kier molecular flexibility index (Phi) is 7.30. The number of aliphatic imine (C=N–C) groups is 1. The summed E-state index contributed by atoms with van der Waals surface area (Å²) in [4.78, 5) is 9.12. The summed E-state index contributed by atoms with van der Waals surface area (Å²) in [6, 6.07) is 13.9. The van der Waals surface area contributed by atoms with E-state index in [1.54, 1.807) is 19.2 Å². The number of rotatable bonds is 6. The van der Waals surface area contributed by atoms with Crippen molar-refractivity contribution in [3.63, 3.8) is 0 Å². The zero-order chi connectivity index (χ0) is 20.6. The Balaban J connectivity index is 1.62. The molecule has 2 aromatic rings. The highest BCUT2D eigenvalue weighted by molar-refractivity contribution is 5.80. The maximum atomic E-state index is 13.1. The topological polar surface area (TPSA) is 60.3 Å². The molecule has 3 rings (SSSR count). The number of hydrogen-bond donors (Lipinski definition) is 2. The van der Waals surface area contributed by atoms with E-state index >= 15 is 0 Å². The molecular weight excluding hydrogens is 371 g/mol. The largest absolute Gasteiger partial charge is 0.495 e. The first-order valence-electron chi connectivity index (χ1n) is 9.97. The van der Waals surface area contributed by atoms with Crippen LogP contribution in [0.4, 0.5) is 10.1 Å². The van der Waals surface area contributed by atoms with Gasteiger partial charge in [0.25, 0.3) is 0 Å². The fourth-order valence-corrected chi connectivity index (χ4v) is 3.44. The Morgan fingerprint density at radius 1 is 1.14 bits per heavy atom. The van der Waals surface area contributed by atoms with E-state index in [0.29, 0.717) is 5.56 Å². The van der Waals surface area contributed by atoms with Crippen molar-refractivity contribution >= 4 is 11.6 Å². The molecule has 6 nitrogen and oxygen atoms in total. The van der Waals surface area contributed by atoms with Crippen LogP contribution in [0, 0.1) is 5.82 Å². The van der Waals surface area contributed by atoms with Gasteiger partial charge in [-0.2, -0.15) is 0 Å². The summed E-state index contributed by atoms with van der Waals surface area (Å²) in [7, 11) is 1.69. The van der Waals surface area contributed by atoms with Crippen LogP contribution in [-0.4, -0.2) is 62.3 Å². The van der Waals surface area contributed by atoms with E-state index in [-0.39, 0.29) is 12.4 Å². The van der Waals surface area contributed by atoms with Gasteiger partial charge in [0.2, 0.25) is 0 Å². The summed E-state index contributed by atoms with van der Waals surface area (Å²) in [6.07, 6.45) is -0.765. The Bertz CT molecular complexity index is 805. The van der Waals surface area contributed by atoms with Crippen LogP contribution in [-0.2, 0) is 0 Å². The molecule has 0 spiro atoms. The predicted octanol–water partition coefficient (Wildman–Crippen LogP) is 2.66. The summed E-state index contributed by atoms with van der Waals surface area (Å²) in [5.41, 5.74) is 1.76. The molecule has 0 aromatic heterocycles. The number of hydrogen-bond acceptors (Lipinski definition) is 4. The maximum Gasteiger partial charge on any atom is 0.194 e. The third kappa shape index (κ3) is 5.38. The third-order valence-corrected chi connectivity index (χ3v) is 5.01. The van der Waals surface area contributed by atoms with Gasteiger partial charge in [-0.15, -0.1) is 0 Å². The molecule has 156 valence electrons. The molecule has 1 aliphatic heterocycles. The van der Waals surface area contributed by atoms with Crippen molar-refractivity contribution in [3.05, 3.63) is 59.9 Å². The van der Waals surface area contributed by atoms with Crippen molar-refractivity contribution in [1.29, 1.82) is 0 Å². The summed E-state index contributed by atoms with van der Waals surface area (Å²) in [5, 5.41) is 13.7. The molecule has 1 unspecified atom stereocenters. The van der Waals surface area contributed by atoms with Crippen molar-refractivity contribution in [1.82, 2.24) is 10.2 Å². The summed E-state index contributed by atoms with van der Waals surface area (Å²) in [6.45, 7) is 6.33. The number of anilines is 1. The second kappa shape index (κ2) is 10.1. The normalized spacial score (nSPS) is 15.9. The van der Waals surface area contributed by atoms with Crippen LogP contribution in [0.15, 0.2) is 53.5 Å². The molecule has 0 radical (unpaired) electrons. The van der Waals surface area contributed by atoms with Gasteiger partial charge in [-0.1, -0.05) is 24.3 Å². The lowest BCUT2D eigenvalue weighted by molar-refractivity contribution is 0.186. The van der Waals surface area contributed by atoms with Crippen molar-refractivity contribution in [2.75, 3.05) is 51.3 Å². The van der Waals surface area contributed by atoms with Crippen molar-refractivity contribution < 1.29 is 14.2 Å². The Labute approximate surface area is 171 Å². The van der Waals surface area contributed by atoms with Gasteiger partial charge < -0.3 is 25.0 Å². The number of nitrogens with one attached hydrogen (secondary N) is 1. The van der Waals surface area contributed by atoms with Crippen LogP contribution in [0.3, 0.4) is 0 Å². The lowest BCUT2D eigenvalue weighted by atomic mass is 10.1. The quantitative estimate of drug-likeness (QED) is 0.577. The van der Waals surface area contributed by atoms with Gasteiger partial charge in [0.1, 0.15) is 11.6 Å². The molecule has 7 heteroatoms. The molecule has 0 saturated carbocycles. The number of aliphatic hydroxyl groups excluding tert-OH is 1. The zero-order valence-electron chi connectivity index (χ0n) is 17.0. The standard InChI is InChI=1S/C22H29FN4O2/c1-3-24-22(25-16-20(28)17-8-10-18(23)11-9-17)27-14-12-26(13-15-27)19-6-4-5-7-21(19)29-2/h4-11,20,28H,3,12-16H2,1-2H3,(H,24,25). The van der Waals surface area contributed by atoms with E-state index in [4.69, 9.17) is 4.74 Å². The van der Waals surface area contributed by atoms with Crippen LogP contribution in [0.5, 0.6) is 5.75 Å². The summed E-state index contributed by atoms with van der Waals surface area (Å²) in [5.74, 6) is 1.35. The molecule has 0 bridgehead atoms. The van der Waals surface area contributed by atoms with E-state index in [9.17, 15) is 9.50 Å². The van der Waals surface area contributed by atoms with Crippen LogP contribution in [0.2, 0.25) is 0 Å². The second-order valence-corrected chi connectivity index (χ2v) is 6.91. The smallest absolute Gasteiger partial charge is 0.194 e. The van der Waals surface area contributed by atoms with Gasteiger partial charge in [0, 0.05) is 32.7 Å². The van der Waals surface area contributed by atoms with E-state index in [1.165, 1.54) is 12.1 Å². The molecule has 2 aromatic carbocycles. The molecule has 1 saturated heterocycles. The Hall–Kier alpha value is -2.80. The van der Waals surface area contributed by atoms with Crippen molar-refractivity contribution in [3.8, 4) is 5.75 Å². The van der Waals surface area contributed by atoms with Gasteiger partial charge in [0.15, 0.2) is 5.96 Å². The summed E-state index contributed by atoms with van der Waals surface area (Å²) >= 11 is 0. The monoisotopic (exact) mass is 400 g/mol.